The van der Waals surface area contributed by atoms with Crippen LogP contribution in [-0.2, 0) is 31.7 Å². The van der Waals surface area contributed by atoms with Gasteiger partial charge in [-0.15, -0.1) is 0 Å². The van der Waals surface area contributed by atoms with Crippen molar-refractivity contribution < 1.29 is 32.6 Å². The van der Waals surface area contributed by atoms with E-state index < -0.39 is 27.6 Å². The third-order valence-electron chi connectivity index (χ3n) is 6.76. The molecule has 0 radical (unpaired) electrons. The topological polar surface area (TPSA) is 122 Å². The van der Waals surface area contributed by atoms with Crippen molar-refractivity contribution in [3.8, 4) is 5.75 Å². The summed E-state index contributed by atoms with van der Waals surface area (Å²) in [6.07, 6.45) is 3.20. The van der Waals surface area contributed by atoms with E-state index >= 15 is 0 Å². The maximum atomic E-state index is 12.6. The average Bonchev–Trinajstić information content (AvgIpc) is 2.88. The number of hydrogen-bond donors (Lipinski definition) is 2. The third-order valence-corrected chi connectivity index (χ3v) is 8.12. The highest BCUT2D eigenvalue weighted by molar-refractivity contribution is 7.88. The quantitative estimate of drug-likeness (QED) is 0.366. The van der Waals surface area contributed by atoms with Gasteiger partial charge < -0.3 is 19.5 Å². The molecule has 1 aliphatic rings. The molecule has 220 valence electrons. The lowest BCUT2D eigenvalue weighted by atomic mass is 9.89. The van der Waals surface area contributed by atoms with Crippen molar-refractivity contribution in [3.05, 3.63) is 65.7 Å². The number of nitrogens with zero attached hydrogens (tertiary/aromatic N) is 1. The molecule has 1 heterocycles. The number of sulfonamides is 1. The minimum absolute atomic E-state index is 0.00511. The van der Waals surface area contributed by atoms with Gasteiger partial charge in [-0.25, -0.2) is 17.9 Å². The molecule has 2 aromatic carbocycles. The zero-order valence-corrected chi connectivity index (χ0v) is 24.7. The van der Waals surface area contributed by atoms with E-state index in [1.807, 2.05) is 20.8 Å². The molecular formula is C30H42N2O7S. The summed E-state index contributed by atoms with van der Waals surface area (Å²) in [5.74, 6) is -0.556. The fraction of sp³-hybridized carbons (Fsp3) is 0.533. The number of nitrogens with one attached hydrogen (secondary N) is 1. The minimum atomic E-state index is -3.85. The van der Waals surface area contributed by atoms with Crippen molar-refractivity contribution in [2.45, 2.75) is 83.3 Å². The molecule has 1 amide bonds. The number of benzene rings is 2. The smallest absolute Gasteiger partial charge is 0.410 e. The molecule has 0 aromatic heterocycles. The van der Waals surface area contributed by atoms with Crippen LogP contribution in [0.4, 0.5) is 4.79 Å². The monoisotopic (exact) mass is 574 g/mol. The summed E-state index contributed by atoms with van der Waals surface area (Å²) in [6.45, 7) is 8.94. The van der Waals surface area contributed by atoms with E-state index in [2.05, 4.69) is 11.6 Å². The number of aliphatic carboxylic acids is 1. The first-order valence-electron chi connectivity index (χ1n) is 13.9. The second-order valence-electron chi connectivity index (χ2n) is 11.4. The molecule has 0 bridgehead atoms. The van der Waals surface area contributed by atoms with Gasteiger partial charge in [-0.2, -0.15) is 0 Å². The Morgan fingerprint density at radius 1 is 1.02 bits per heavy atom. The first-order valence-corrected chi connectivity index (χ1v) is 15.5. The van der Waals surface area contributed by atoms with Crippen LogP contribution >= 0.6 is 0 Å². The molecule has 2 N–H and O–H groups in total. The van der Waals surface area contributed by atoms with E-state index in [4.69, 9.17) is 9.47 Å². The van der Waals surface area contributed by atoms with E-state index in [0.29, 0.717) is 35.9 Å². The van der Waals surface area contributed by atoms with Gasteiger partial charge in [0.25, 0.3) is 0 Å². The zero-order valence-electron chi connectivity index (χ0n) is 23.8. The number of amides is 1. The highest BCUT2D eigenvalue weighted by Gasteiger charge is 2.31. The number of likely N-dealkylation sites (tertiary alicyclic amines) is 1. The Balaban J connectivity index is 1.57. The molecule has 1 fully saturated rings. The summed E-state index contributed by atoms with van der Waals surface area (Å²) in [4.78, 5) is 26.0. The molecule has 40 heavy (non-hydrogen) atoms. The van der Waals surface area contributed by atoms with E-state index in [9.17, 15) is 23.1 Å². The number of carboxylic acids is 1. The average molecular weight is 575 g/mol. The molecule has 9 nitrogen and oxygen atoms in total. The first-order chi connectivity index (χ1) is 18.8. The summed E-state index contributed by atoms with van der Waals surface area (Å²) in [5.41, 5.74) is 0.739. The largest absolute Gasteiger partial charge is 0.490 e. The Labute approximate surface area is 237 Å². The van der Waals surface area contributed by atoms with Crippen LogP contribution in [-0.4, -0.2) is 61.3 Å². The van der Waals surface area contributed by atoms with Crippen molar-refractivity contribution in [2.75, 3.05) is 13.1 Å². The summed E-state index contributed by atoms with van der Waals surface area (Å²) in [5, 5.41) is 9.67. The SMILES string of the molecule is CCCC(Oc1ccc(CC(NS(=O)(=O)Cc2ccccc2)C(=O)O)cc1)C1CCN(C(=O)OC(C)(C)C)CC1. The standard InChI is InChI=1S/C30H42N2O7S/c1-5-9-27(24-16-18-32(19-17-24)29(35)39-30(2,3)4)38-25-14-12-22(13-15-25)20-26(28(33)34)31-40(36,37)21-23-10-7-6-8-11-23/h6-8,10-15,24,26-27,31H,5,9,16-21H2,1-4H3,(H,33,34). The summed E-state index contributed by atoms with van der Waals surface area (Å²) in [7, 11) is -3.85. The van der Waals surface area contributed by atoms with Crippen LogP contribution in [0.2, 0.25) is 0 Å². The van der Waals surface area contributed by atoms with Crippen LogP contribution in [0.15, 0.2) is 54.6 Å². The van der Waals surface area contributed by atoms with Gasteiger partial charge in [0.1, 0.15) is 23.5 Å². The number of carbonyl (C=O) groups is 2. The lowest BCUT2D eigenvalue weighted by Gasteiger charge is -2.36. The summed E-state index contributed by atoms with van der Waals surface area (Å²) < 4.78 is 39.4. The van der Waals surface area contributed by atoms with Gasteiger partial charge in [-0.1, -0.05) is 55.8 Å². The number of rotatable bonds is 12. The molecular weight excluding hydrogens is 532 g/mol. The molecule has 2 unspecified atom stereocenters. The Bertz CT molecular complexity index is 1200. The van der Waals surface area contributed by atoms with E-state index in [1.165, 1.54) is 0 Å². The highest BCUT2D eigenvalue weighted by Crippen LogP contribution is 2.28. The molecule has 3 rings (SSSR count). The number of carboxylic acid groups (broad SMARTS) is 1. The van der Waals surface area contributed by atoms with Crippen molar-refractivity contribution in [3.63, 3.8) is 0 Å². The van der Waals surface area contributed by atoms with E-state index in [0.717, 1.165) is 25.7 Å². The van der Waals surface area contributed by atoms with Crippen molar-refractivity contribution in [2.24, 2.45) is 5.92 Å². The normalized spacial score (nSPS) is 16.2. The van der Waals surface area contributed by atoms with Gasteiger partial charge in [0.2, 0.25) is 10.0 Å². The second-order valence-corrected chi connectivity index (χ2v) is 13.1. The maximum Gasteiger partial charge on any atom is 0.410 e. The third kappa shape index (κ3) is 10.1. The van der Waals surface area contributed by atoms with Gasteiger partial charge in [0.15, 0.2) is 0 Å². The van der Waals surface area contributed by atoms with Crippen molar-refractivity contribution >= 4 is 22.1 Å². The fourth-order valence-electron chi connectivity index (χ4n) is 4.80. The van der Waals surface area contributed by atoms with Crippen LogP contribution in [0.3, 0.4) is 0 Å². The van der Waals surface area contributed by atoms with Gasteiger partial charge in [0, 0.05) is 13.1 Å². The Morgan fingerprint density at radius 2 is 1.65 bits per heavy atom. The summed E-state index contributed by atoms with van der Waals surface area (Å²) in [6, 6.07) is 14.5. The fourth-order valence-corrected chi connectivity index (χ4v) is 6.13. The molecule has 0 spiro atoms. The zero-order chi connectivity index (χ0) is 29.3. The van der Waals surface area contributed by atoms with Gasteiger partial charge in [-0.3, -0.25) is 4.79 Å². The minimum Gasteiger partial charge on any atom is -0.490 e. The van der Waals surface area contributed by atoms with Crippen LogP contribution < -0.4 is 9.46 Å². The number of hydrogen-bond acceptors (Lipinski definition) is 6. The van der Waals surface area contributed by atoms with Crippen molar-refractivity contribution in [1.82, 2.24) is 9.62 Å². The second kappa shape index (κ2) is 14.0. The predicted molar refractivity (Wildman–Crippen MR) is 154 cm³/mol. The molecule has 0 saturated carbocycles. The first kappa shape index (κ1) is 31.4. The predicted octanol–water partition coefficient (Wildman–Crippen LogP) is 5.00. The Hall–Kier alpha value is -3.11. The van der Waals surface area contributed by atoms with Crippen molar-refractivity contribution in [1.29, 1.82) is 0 Å². The van der Waals surface area contributed by atoms with Gasteiger partial charge in [-0.05, 0) is 75.6 Å². The summed E-state index contributed by atoms with van der Waals surface area (Å²) >= 11 is 0. The lowest BCUT2D eigenvalue weighted by molar-refractivity contribution is -0.138. The van der Waals surface area contributed by atoms with E-state index in [1.54, 1.807) is 59.5 Å². The number of piperidine rings is 1. The van der Waals surface area contributed by atoms with Crippen LogP contribution in [0.25, 0.3) is 0 Å². The molecule has 2 atom stereocenters. The molecule has 10 heteroatoms. The van der Waals surface area contributed by atoms with Crippen LogP contribution in [0.5, 0.6) is 5.75 Å². The molecule has 1 saturated heterocycles. The molecule has 2 aromatic rings. The molecule has 1 aliphatic heterocycles. The maximum absolute atomic E-state index is 12.6. The Kier molecular flexibility index (Phi) is 11.0. The van der Waals surface area contributed by atoms with Gasteiger partial charge >= 0.3 is 12.1 Å². The highest BCUT2D eigenvalue weighted by atomic mass is 32.2. The lowest BCUT2D eigenvalue weighted by Crippen LogP contribution is -2.44. The Morgan fingerprint density at radius 3 is 2.20 bits per heavy atom. The number of ether oxygens (including phenoxy) is 2. The van der Waals surface area contributed by atoms with E-state index in [-0.39, 0.29) is 24.4 Å². The van der Waals surface area contributed by atoms with Crippen LogP contribution in [0.1, 0.15) is 64.5 Å². The molecule has 0 aliphatic carbocycles. The van der Waals surface area contributed by atoms with Gasteiger partial charge in [0.05, 0.1) is 5.75 Å². The number of carbonyl (C=O) groups excluding carboxylic acids is 1. The van der Waals surface area contributed by atoms with Crippen LogP contribution in [0, 0.1) is 5.92 Å².